The Morgan fingerprint density at radius 1 is 1.57 bits per heavy atom. The monoisotopic (exact) mass is 305 g/mol. The minimum absolute atomic E-state index is 0.0960. The van der Waals surface area contributed by atoms with Crippen LogP contribution in [0.25, 0.3) is 0 Å². The van der Waals surface area contributed by atoms with Crippen LogP contribution in [0.1, 0.15) is 17.3 Å². The lowest BCUT2D eigenvalue weighted by Gasteiger charge is -2.14. The maximum atomic E-state index is 12.2. The van der Waals surface area contributed by atoms with Crippen molar-refractivity contribution in [3.05, 3.63) is 40.8 Å². The highest BCUT2D eigenvalue weighted by Gasteiger charge is 2.20. The number of nitrogens with one attached hydrogen (secondary N) is 1. The van der Waals surface area contributed by atoms with Crippen LogP contribution >= 0.6 is 11.8 Å². The second kappa shape index (κ2) is 5.72. The average Bonchev–Trinajstić information content (AvgIpc) is 3.09. The van der Waals surface area contributed by atoms with Crippen molar-refractivity contribution in [2.24, 2.45) is 0 Å². The highest BCUT2D eigenvalue weighted by atomic mass is 32.2. The quantitative estimate of drug-likeness (QED) is 0.825. The van der Waals surface area contributed by atoms with E-state index in [1.807, 2.05) is 17.7 Å². The van der Waals surface area contributed by atoms with E-state index in [2.05, 4.69) is 15.3 Å². The predicted octanol–water partition coefficient (Wildman–Crippen LogP) is 0.364. The molecule has 0 unspecified atom stereocenters. The van der Waals surface area contributed by atoms with Gasteiger partial charge in [0.1, 0.15) is 5.56 Å². The molecule has 0 aliphatic carbocycles. The van der Waals surface area contributed by atoms with Gasteiger partial charge in [-0.2, -0.15) is 0 Å². The number of imidazole rings is 1. The number of amides is 1. The van der Waals surface area contributed by atoms with Crippen LogP contribution in [-0.4, -0.2) is 36.8 Å². The van der Waals surface area contributed by atoms with Crippen molar-refractivity contribution in [2.45, 2.75) is 31.2 Å². The van der Waals surface area contributed by atoms with Gasteiger partial charge in [0.2, 0.25) is 0 Å². The van der Waals surface area contributed by atoms with Crippen LogP contribution < -0.4 is 10.9 Å². The first-order valence-corrected chi connectivity index (χ1v) is 7.63. The van der Waals surface area contributed by atoms with Gasteiger partial charge in [0.25, 0.3) is 11.5 Å². The van der Waals surface area contributed by atoms with E-state index in [9.17, 15) is 9.59 Å². The highest BCUT2D eigenvalue weighted by Crippen LogP contribution is 2.20. The highest BCUT2D eigenvalue weighted by molar-refractivity contribution is 7.99. The number of thioether (sulfide) groups is 1. The lowest BCUT2D eigenvalue weighted by molar-refractivity contribution is 0.0933. The predicted molar refractivity (Wildman–Crippen MR) is 78.4 cm³/mol. The number of hydrogen-bond acceptors (Lipinski definition) is 5. The number of nitrogens with zero attached hydrogens (tertiary/aromatic N) is 4. The first-order valence-electron chi connectivity index (χ1n) is 6.64. The lowest BCUT2D eigenvalue weighted by atomic mass is 10.2. The molecule has 1 aliphatic rings. The SMILES string of the molecule is C[C@@H](Cn1ccnc1)NC(=O)c1cnc2n(c1=O)CCS2. The van der Waals surface area contributed by atoms with Gasteiger partial charge in [-0.1, -0.05) is 11.8 Å². The van der Waals surface area contributed by atoms with Gasteiger partial charge >= 0.3 is 0 Å². The average molecular weight is 305 g/mol. The van der Waals surface area contributed by atoms with Crippen molar-refractivity contribution in [3.8, 4) is 0 Å². The molecule has 0 aromatic carbocycles. The molecule has 8 heteroatoms. The van der Waals surface area contributed by atoms with Crippen molar-refractivity contribution in [1.82, 2.24) is 24.4 Å². The topological polar surface area (TPSA) is 81.8 Å². The Bertz CT molecular complexity index is 710. The van der Waals surface area contributed by atoms with E-state index in [0.29, 0.717) is 18.2 Å². The zero-order valence-corrected chi connectivity index (χ0v) is 12.3. The minimum Gasteiger partial charge on any atom is -0.348 e. The van der Waals surface area contributed by atoms with Gasteiger partial charge in [0, 0.05) is 43.5 Å². The summed E-state index contributed by atoms with van der Waals surface area (Å²) in [5.74, 6) is 0.442. The molecule has 1 N–H and O–H groups in total. The smallest absolute Gasteiger partial charge is 0.267 e. The van der Waals surface area contributed by atoms with E-state index < -0.39 is 0 Å². The van der Waals surface area contributed by atoms with Crippen LogP contribution in [0, 0.1) is 0 Å². The number of aromatic nitrogens is 4. The van der Waals surface area contributed by atoms with Gasteiger partial charge in [0.05, 0.1) is 6.33 Å². The summed E-state index contributed by atoms with van der Waals surface area (Å²) in [6, 6.07) is -0.112. The maximum Gasteiger partial charge on any atom is 0.267 e. The van der Waals surface area contributed by atoms with Crippen LogP contribution in [0.2, 0.25) is 0 Å². The van der Waals surface area contributed by atoms with Crippen molar-refractivity contribution in [3.63, 3.8) is 0 Å². The van der Waals surface area contributed by atoms with E-state index in [0.717, 1.165) is 5.75 Å². The zero-order valence-electron chi connectivity index (χ0n) is 11.5. The van der Waals surface area contributed by atoms with E-state index >= 15 is 0 Å². The van der Waals surface area contributed by atoms with E-state index in [1.165, 1.54) is 18.0 Å². The molecule has 1 aliphatic heterocycles. The molecule has 3 rings (SSSR count). The number of fused-ring (bicyclic) bond motifs is 1. The summed E-state index contributed by atoms with van der Waals surface area (Å²) in [5.41, 5.74) is -0.170. The third-order valence-electron chi connectivity index (χ3n) is 3.22. The molecular weight excluding hydrogens is 290 g/mol. The maximum absolute atomic E-state index is 12.2. The molecule has 7 nitrogen and oxygen atoms in total. The summed E-state index contributed by atoms with van der Waals surface area (Å²) in [6.07, 6.45) is 6.56. The summed E-state index contributed by atoms with van der Waals surface area (Å²) >= 11 is 1.53. The summed E-state index contributed by atoms with van der Waals surface area (Å²) in [6.45, 7) is 3.09. The fourth-order valence-electron chi connectivity index (χ4n) is 2.23. The van der Waals surface area contributed by atoms with E-state index in [4.69, 9.17) is 0 Å². The van der Waals surface area contributed by atoms with Gasteiger partial charge in [-0.05, 0) is 6.92 Å². The number of hydrogen-bond donors (Lipinski definition) is 1. The van der Waals surface area contributed by atoms with Crippen molar-refractivity contribution in [1.29, 1.82) is 0 Å². The lowest BCUT2D eigenvalue weighted by Crippen LogP contribution is -2.39. The molecule has 0 saturated heterocycles. The number of carbonyl (C=O) groups excluding carboxylic acids is 1. The molecule has 110 valence electrons. The third-order valence-corrected chi connectivity index (χ3v) is 4.19. The van der Waals surface area contributed by atoms with E-state index in [-0.39, 0.29) is 23.1 Å². The molecule has 1 amide bonds. The third kappa shape index (κ3) is 2.85. The minimum atomic E-state index is -0.382. The second-order valence-electron chi connectivity index (χ2n) is 4.89. The van der Waals surface area contributed by atoms with Gasteiger partial charge < -0.3 is 9.88 Å². The molecule has 0 spiro atoms. The van der Waals surface area contributed by atoms with E-state index in [1.54, 1.807) is 17.1 Å². The molecule has 0 radical (unpaired) electrons. The molecule has 1 atom stereocenters. The summed E-state index contributed by atoms with van der Waals surface area (Å²) < 4.78 is 3.43. The molecule has 0 bridgehead atoms. The largest absolute Gasteiger partial charge is 0.348 e. The van der Waals surface area contributed by atoms with Gasteiger partial charge in [-0.15, -0.1) is 0 Å². The Morgan fingerprint density at radius 2 is 2.43 bits per heavy atom. The van der Waals surface area contributed by atoms with Crippen LogP contribution in [0.5, 0.6) is 0 Å². The number of carbonyl (C=O) groups is 1. The zero-order chi connectivity index (χ0) is 14.8. The standard InChI is InChI=1S/C13H15N5O2S/c1-9(7-17-3-2-14-8-17)16-11(19)10-6-15-13-18(12(10)20)4-5-21-13/h2-3,6,8-9H,4-5,7H2,1H3,(H,16,19)/t9-/m0/s1. The fraction of sp³-hybridized carbons (Fsp3) is 0.385. The summed E-state index contributed by atoms with van der Waals surface area (Å²) in [4.78, 5) is 32.6. The van der Waals surface area contributed by atoms with Crippen LogP contribution in [0.4, 0.5) is 0 Å². The molecule has 0 saturated carbocycles. The van der Waals surface area contributed by atoms with Gasteiger partial charge in [0.15, 0.2) is 5.16 Å². The van der Waals surface area contributed by atoms with Gasteiger partial charge in [-0.3, -0.25) is 14.2 Å². The van der Waals surface area contributed by atoms with Gasteiger partial charge in [-0.25, -0.2) is 9.97 Å². The molecule has 2 aromatic heterocycles. The number of rotatable bonds is 4. The Balaban J connectivity index is 1.72. The van der Waals surface area contributed by atoms with Crippen LogP contribution in [0.3, 0.4) is 0 Å². The van der Waals surface area contributed by atoms with Crippen molar-refractivity contribution >= 4 is 17.7 Å². The Morgan fingerprint density at radius 3 is 3.19 bits per heavy atom. The molecule has 3 heterocycles. The Hall–Kier alpha value is -2.09. The normalized spacial score (nSPS) is 14.7. The molecule has 2 aromatic rings. The first kappa shape index (κ1) is 13.9. The van der Waals surface area contributed by atoms with Crippen molar-refractivity contribution in [2.75, 3.05) is 5.75 Å². The Labute approximate surface area is 125 Å². The molecule has 21 heavy (non-hydrogen) atoms. The Kier molecular flexibility index (Phi) is 3.78. The molecule has 0 fully saturated rings. The fourth-order valence-corrected chi connectivity index (χ4v) is 3.15. The molecular formula is C13H15N5O2S. The second-order valence-corrected chi connectivity index (χ2v) is 5.96. The first-order chi connectivity index (χ1) is 10.1. The van der Waals surface area contributed by atoms with Crippen LogP contribution in [0.15, 0.2) is 34.9 Å². The summed E-state index contributed by atoms with van der Waals surface area (Å²) in [7, 11) is 0. The van der Waals surface area contributed by atoms with Crippen molar-refractivity contribution < 1.29 is 4.79 Å². The van der Waals surface area contributed by atoms with Crippen LogP contribution in [-0.2, 0) is 13.1 Å². The summed E-state index contributed by atoms with van der Waals surface area (Å²) in [5, 5.41) is 3.50.